The fraction of sp³-hybridized carbons (Fsp3) is 0.0769. The Balaban J connectivity index is 0.000000265. The van der Waals surface area contributed by atoms with Gasteiger partial charge >= 0.3 is 0 Å². The van der Waals surface area contributed by atoms with Crippen LogP contribution in [-0.4, -0.2) is 10.2 Å². The zero-order valence-electron chi connectivity index (χ0n) is 9.75. The summed E-state index contributed by atoms with van der Waals surface area (Å²) in [6.07, 6.45) is 0. The summed E-state index contributed by atoms with van der Waals surface area (Å²) in [7, 11) is 0. The summed E-state index contributed by atoms with van der Waals surface area (Å²) in [5, 5.41) is 17.4. The lowest BCUT2D eigenvalue weighted by Crippen LogP contribution is -2.02. The second-order valence-corrected chi connectivity index (χ2v) is 3.17. The van der Waals surface area contributed by atoms with E-state index < -0.39 is 0 Å². The van der Waals surface area contributed by atoms with Gasteiger partial charge in [-0.05, 0) is 31.2 Å². The third kappa shape index (κ3) is 7.84. The lowest BCUT2D eigenvalue weighted by molar-refractivity contribution is 0.474. The Morgan fingerprint density at radius 2 is 1.12 bits per heavy atom. The highest BCUT2D eigenvalue weighted by molar-refractivity contribution is 5.24. The maximum Gasteiger partial charge on any atom is 0.115 e. The Hall–Kier alpha value is -2.04. The Morgan fingerprint density at radius 1 is 0.706 bits per heavy atom. The van der Waals surface area contributed by atoms with Gasteiger partial charge < -0.3 is 10.2 Å². The van der Waals surface area contributed by atoms with Crippen molar-refractivity contribution in [2.75, 3.05) is 0 Å². The topological polar surface area (TPSA) is 92.5 Å². The summed E-state index contributed by atoms with van der Waals surface area (Å²) in [5.74, 6) is 8.65. The van der Waals surface area contributed by atoms with Crippen LogP contribution in [0.5, 0.6) is 11.5 Å². The summed E-state index contributed by atoms with van der Waals surface area (Å²) in [5.41, 5.74) is 1.17. The second kappa shape index (κ2) is 9.21. The van der Waals surface area contributed by atoms with Crippen LogP contribution < -0.4 is 11.7 Å². The molecule has 2 aromatic rings. The maximum atomic E-state index is 8.76. The molecule has 2 aromatic carbocycles. The molecule has 4 heteroatoms. The molecule has 6 N–H and O–H groups in total. The zero-order valence-corrected chi connectivity index (χ0v) is 9.75. The molecule has 0 aromatic heterocycles. The van der Waals surface area contributed by atoms with Crippen LogP contribution >= 0.6 is 0 Å². The van der Waals surface area contributed by atoms with Crippen LogP contribution in [0, 0.1) is 6.92 Å². The molecular formula is C13H18N2O2. The van der Waals surface area contributed by atoms with E-state index in [1.54, 1.807) is 36.4 Å². The van der Waals surface area contributed by atoms with Crippen molar-refractivity contribution in [3.63, 3.8) is 0 Å². The maximum absolute atomic E-state index is 8.76. The van der Waals surface area contributed by atoms with E-state index in [1.807, 2.05) is 25.1 Å². The van der Waals surface area contributed by atoms with Crippen molar-refractivity contribution in [3.05, 3.63) is 60.2 Å². The zero-order chi connectivity index (χ0) is 13.1. The Labute approximate surface area is 101 Å². The summed E-state index contributed by atoms with van der Waals surface area (Å²) >= 11 is 0. The number of hydrogen-bond acceptors (Lipinski definition) is 4. The highest BCUT2D eigenvalue weighted by Crippen LogP contribution is 2.07. The standard InChI is InChI=1S/C7H8O.C6H6O.H4N2/c1-6-2-4-7(8)5-3-6;7-6-4-2-1-3-5-6;1-2/h2-5,8H,1H3;1-5,7H;1-2H2. The summed E-state index contributed by atoms with van der Waals surface area (Å²) in [4.78, 5) is 0. The highest BCUT2D eigenvalue weighted by Gasteiger charge is 1.82. The first kappa shape index (κ1) is 15.0. The summed E-state index contributed by atoms with van der Waals surface area (Å²) in [6.45, 7) is 1.99. The van der Waals surface area contributed by atoms with Gasteiger partial charge in [-0.3, -0.25) is 11.7 Å². The van der Waals surface area contributed by atoms with Gasteiger partial charge in [0.2, 0.25) is 0 Å². The molecule has 0 atom stereocenters. The average molecular weight is 234 g/mol. The van der Waals surface area contributed by atoms with Crippen LogP contribution in [0.2, 0.25) is 0 Å². The first-order valence-electron chi connectivity index (χ1n) is 5.01. The smallest absolute Gasteiger partial charge is 0.115 e. The van der Waals surface area contributed by atoms with Gasteiger partial charge in [0.1, 0.15) is 11.5 Å². The minimum absolute atomic E-state index is 0.322. The van der Waals surface area contributed by atoms with E-state index in [0.29, 0.717) is 11.5 Å². The monoisotopic (exact) mass is 234 g/mol. The lowest BCUT2D eigenvalue weighted by Gasteiger charge is -1.89. The molecule has 0 amide bonds. The number of para-hydroxylation sites is 1. The van der Waals surface area contributed by atoms with Crippen molar-refractivity contribution in [3.8, 4) is 11.5 Å². The number of hydrazine groups is 1. The normalized spacial score (nSPS) is 8.18. The SMILES string of the molecule is Cc1ccc(O)cc1.NN.Oc1ccccc1. The van der Waals surface area contributed by atoms with E-state index in [2.05, 4.69) is 11.7 Å². The van der Waals surface area contributed by atoms with Crippen LogP contribution in [0.1, 0.15) is 5.56 Å². The van der Waals surface area contributed by atoms with E-state index in [0.717, 1.165) is 0 Å². The second-order valence-electron chi connectivity index (χ2n) is 3.17. The number of aryl methyl sites for hydroxylation is 1. The largest absolute Gasteiger partial charge is 0.508 e. The molecule has 0 saturated heterocycles. The third-order valence-electron chi connectivity index (χ3n) is 1.79. The number of rotatable bonds is 0. The minimum atomic E-state index is 0.322. The molecule has 2 rings (SSSR count). The summed E-state index contributed by atoms with van der Waals surface area (Å²) in [6, 6.07) is 15.8. The van der Waals surface area contributed by atoms with Crippen molar-refractivity contribution in [1.29, 1.82) is 0 Å². The van der Waals surface area contributed by atoms with E-state index >= 15 is 0 Å². The number of aromatic hydroxyl groups is 2. The van der Waals surface area contributed by atoms with Crippen LogP contribution in [0.15, 0.2) is 54.6 Å². The van der Waals surface area contributed by atoms with Crippen molar-refractivity contribution < 1.29 is 10.2 Å². The van der Waals surface area contributed by atoms with Crippen LogP contribution in [0.25, 0.3) is 0 Å². The molecule has 0 fully saturated rings. The van der Waals surface area contributed by atoms with E-state index in [-0.39, 0.29) is 0 Å². The molecule has 4 nitrogen and oxygen atoms in total. The van der Waals surface area contributed by atoms with Gasteiger partial charge in [-0.15, -0.1) is 0 Å². The molecule has 0 saturated carbocycles. The van der Waals surface area contributed by atoms with Crippen LogP contribution in [0.4, 0.5) is 0 Å². The first-order chi connectivity index (χ1) is 8.18. The van der Waals surface area contributed by atoms with Gasteiger partial charge in [-0.25, -0.2) is 0 Å². The third-order valence-corrected chi connectivity index (χ3v) is 1.79. The number of phenols is 2. The predicted molar refractivity (Wildman–Crippen MR) is 69.3 cm³/mol. The van der Waals surface area contributed by atoms with Gasteiger partial charge in [0.25, 0.3) is 0 Å². The molecular weight excluding hydrogens is 216 g/mol. The van der Waals surface area contributed by atoms with Crippen molar-refractivity contribution >= 4 is 0 Å². The Bertz CT molecular complexity index is 367. The number of nitrogens with two attached hydrogens (primary N) is 2. The predicted octanol–water partition coefficient (Wildman–Crippen LogP) is 1.91. The van der Waals surface area contributed by atoms with Gasteiger partial charge in [0, 0.05) is 0 Å². The molecule has 92 valence electrons. The molecule has 0 aliphatic heterocycles. The summed E-state index contributed by atoms with van der Waals surface area (Å²) < 4.78 is 0. The van der Waals surface area contributed by atoms with E-state index in [9.17, 15) is 0 Å². The molecule has 0 heterocycles. The van der Waals surface area contributed by atoms with E-state index in [1.165, 1.54) is 5.56 Å². The Kier molecular flexibility index (Phi) is 8.10. The fourth-order valence-corrected chi connectivity index (χ4v) is 0.973. The number of hydrogen-bond donors (Lipinski definition) is 4. The van der Waals surface area contributed by atoms with Gasteiger partial charge in [0.15, 0.2) is 0 Å². The molecule has 17 heavy (non-hydrogen) atoms. The van der Waals surface area contributed by atoms with Crippen LogP contribution in [-0.2, 0) is 0 Å². The molecule has 0 aliphatic rings. The molecule has 0 aliphatic carbocycles. The Morgan fingerprint density at radius 3 is 1.41 bits per heavy atom. The highest BCUT2D eigenvalue weighted by atomic mass is 16.3. The molecule has 0 unspecified atom stereocenters. The molecule has 0 radical (unpaired) electrons. The fourth-order valence-electron chi connectivity index (χ4n) is 0.973. The minimum Gasteiger partial charge on any atom is -0.508 e. The van der Waals surface area contributed by atoms with Gasteiger partial charge in [-0.2, -0.15) is 0 Å². The van der Waals surface area contributed by atoms with Gasteiger partial charge in [-0.1, -0.05) is 35.9 Å². The number of benzene rings is 2. The molecule has 0 spiro atoms. The van der Waals surface area contributed by atoms with Crippen LogP contribution in [0.3, 0.4) is 0 Å². The quantitative estimate of drug-likeness (QED) is 0.414. The lowest BCUT2D eigenvalue weighted by atomic mass is 10.2. The van der Waals surface area contributed by atoms with Crippen molar-refractivity contribution in [1.82, 2.24) is 0 Å². The molecule has 0 bridgehead atoms. The average Bonchev–Trinajstić information content (AvgIpc) is 2.37. The first-order valence-corrected chi connectivity index (χ1v) is 5.01. The van der Waals surface area contributed by atoms with Crippen molar-refractivity contribution in [2.45, 2.75) is 6.92 Å². The van der Waals surface area contributed by atoms with Gasteiger partial charge in [0.05, 0.1) is 0 Å². The van der Waals surface area contributed by atoms with Crippen molar-refractivity contribution in [2.24, 2.45) is 11.7 Å². The number of phenolic OH excluding ortho intramolecular Hbond substituents is 2. The van der Waals surface area contributed by atoms with E-state index in [4.69, 9.17) is 10.2 Å².